The van der Waals surface area contributed by atoms with E-state index < -0.39 is 11.9 Å². The first kappa shape index (κ1) is 19.9. The number of benzene rings is 2. The number of esters is 1. The fourth-order valence-corrected chi connectivity index (χ4v) is 4.17. The molecule has 0 aliphatic heterocycles. The maximum atomic E-state index is 12.8. The lowest BCUT2D eigenvalue weighted by Crippen LogP contribution is -2.23. The summed E-state index contributed by atoms with van der Waals surface area (Å²) < 4.78 is 18.8. The maximum Gasteiger partial charge on any atom is 0.326 e. The van der Waals surface area contributed by atoms with Gasteiger partial charge in [-0.05, 0) is 44.2 Å². The van der Waals surface area contributed by atoms with Gasteiger partial charge in [-0.1, -0.05) is 29.5 Å². The van der Waals surface area contributed by atoms with Gasteiger partial charge in [0, 0.05) is 5.39 Å². The van der Waals surface area contributed by atoms with Crippen molar-refractivity contribution in [2.75, 3.05) is 13.2 Å². The topological polar surface area (TPSA) is 83.0 Å². The molecule has 0 bridgehead atoms. The second-order valence-electron chi connectivity index (χ2n) is 6.40. The largest absolute Gasteiger partial charge is 0.494 e. The third-order valence-electron chi connectivity index (χ3n) is 4.39. The molecule has 0 saturated carbocycles. The summed E-state index contributed by atoms with van der Waals surface area (Å²) in [6.45, 7) is 4.43. The van der Waals surface area contributed by atoms with Gasteiger partial charge >= 0.3 is 11.9 Å². The highest BCUT2D eigenvalue weighted by Crippen LogP contribution is 2.24. The molecule has 2 aromatic heterocycles. The number of ether oxygens (including phenoxy) is 2. The van der Waals surface area contributed by atoms with Gasteiger partial charge in [0.15, 0.2) is 10.6 Å². The van der Waals surface area contributed by atoms with E-state index in [0.29, 0.717) is 22.7 Å². The number of thiazole rings is 1. The van der Waals surface area contributed by atoms with Gasteiger partial charge < -0.3 is 18.5 Å². The summed E-state index contributed by atoms with van der Waals surface area (Å²) in [4.78, 5) is 29.6. The molecular weight excluding hydrogens is 404 g/mol. The van der Waals surface area contributed by atoms with Gasteiger partial charge in [0.05, 0.1) is 23.4 Å². The number of amides is 1. The van der Waals surface area contributed by atoms with Gasteiger partial charge in [-0.15, -0.1) is 0 Å². The van der Waals surface area contributed by atoms with Crippen molar-refractivity contribution in [2.24, 2.45) is 4.99 Å². The molecule has 7 nitrogen and oxygen atoms in total. The van der Waals surface area contributed by atoms with Crippen molar-refractivity contribution >= 4 is 44.4 Å². The minimum Gasteiger partial charge on any atom is -0.494 e. The quantitative estimate of drug-likeness (QED) is 0.434. The third-order valence-corrected chi connectivity index (χ3v) is 5.43. The highest BCUT2D eigenvalue weighted by molar-refractivity contribution is 7.16. The SMILES string of the molecule is CCOC(=O)Cn1c(=NC(=O)c2cc3ccccc3o2)sc2cc(OCC)ccc21. The maximum absolute atomic E-state index is 12.8. The summed E-state index contributed by atoms with van der Waals surface area (Å²) >= 11 is 1.30. The first-order valence-corrected chi connectivity index (χ1v) is 10.4. The normalized spacial score (nSPS) is 11.9. The second kappa shape index (κ2) is 8.54. The molecule has 0 radical (unpaired) electrons. The average molecular weight is 424 g/mol. The van der Waals surface area contributed by atoms with E-state index in [1.165, 1.54) is 11.3 Å². The molecule has 0 N–H and O–H groups in total. The van der Waals surface area contributed by atoms with E-state index in [2.05, 4.69) is 4.99 Å². The third kappa shape index (κ3) is 3.99. The Bertz CT molecular complexity index is 1260. The van der Waals surface area contributed by atoms with E-state index in [9.17, 15) is 9.59 Å². The number of para-hydroxylation sites is 1. The zero-order valence-electron chi connectivity index (χ0n) is 16.6. The predicted octanol–water partition coefficient (Wildman–Crippen LogP) is 4.15. The van der Waals surface area contributed by atoms with E-state index in [4.69, 9.17) is 13.9 Å². The minimum absolute atomic E-state index is 0.0476. The van der Waals surface area contributed by atoms with E-state index in [0.717, 1.165) is 15.6 Å². The Kier molecular flexibility index (Phi) is 5.67. The number of hydrogen-bond acceptors (Lipinski definition) is 6. The molecule has 154 valence electrons. The highest BCUT2D eigenvalue weighted by Gasteiger charge is 2.15. The van der Waals surface area contributed by atoms with Crippen LogP contribution in [-0.2, 0) is 16.1 Å². The Morgan fingerprint density at radius 2 is 1.93 bits per heavy atom. The van der Waals surface area contributed by atoms with Crippen LogP contribution in [0.5, 0.6) is 5.75 Å². The smallest absolute Gasteiger partial charge is 0.326 e. The lowest BCUT2D eigenvalue weighted by atomic mass is 10.2. The summed E-state index contributed by atoms with van der Waals surface area (Å²) in [6, 6.07) is 14.6. The number of rotatable bonds is 6. The number of hydrogen-bond donors (Lipinski definition) is 0. The Morgan fingerprint density at radius 1 is 1.10 bits per heavy atom. The van der Waals surface area contributed by atoms with Gasteiger partial charge in [0.25, 0.3) is 0 Å². The Morgan fingerprint density at radius 3 is 2.70 bits per heavy atom. The zero-order chi connectivity index (χ0) is 21.1. The minimum atomic E-state index is -0.514. The number of carbonyl (C=O) groups excluding carboxylic acids is 2. The molecule has 2 aromatic carbocycles. The van der Waals surface area contributed by atoms with E-state index in [-0.39, 0.29) is 18.9 Å². The molecular formula is C22H20N2O5S. The van der Waals surface area contributed by atoms with E-state index in [1.54, 1.807) is 23.6 Å². The zero-order valence-corrected chi connectivity index (χ0v) is 17.4. The van der Waals surface area contributed by atoms with Crippen LogP contribution in [0.2, 0.25) is 0 Å². The number of nitrogens with zero attached hydrogens (tertiary/aromatic N) is 2. The molecule has 30 heavy (non-hydrogen) atoms. The molecule has 0 unspecified atom stereocenters. The summed E-state index contributed by atoms with van der Waals surface area (Å²) in [5, 5.41) is 0.827. The average Bonchev–Trinajstić information content (AvgIpc) is 3.30. The number of aromatic nitrogens is 1. The fraction of sp³-hybridized carbons (Fsp3) is 0.227. The van der Waals surface area contributed by atoms with Crippen molar-refractivity contribution < 1.29 is 23.5 Å². The summed E-state index contributed by atoms with van der Waals surface area (Å²) in [5.74, 6) is -0.0554. The molecule has 0 saturated heterocycles. The van der Waals surface area contributed by atoms with E-state index >= 15 is 0 Å². The van der Waals surface area contributed by atoms with Crippen molar-refractivity contribution in [2.45, 2.75) is 20.4 Å². The molecule has 0 aliphatic carbocycles. The van der Waals surface area contributed by atoms with Crippen LogP contribution < -0.4 is 9.54 Å². The lowest BCUT2D eigenvalue weighted by Gasteiger charge is -2.06. The van der Waals surface area contributed by atoms with E-state index in [1.807, 2.05) is 43.3 Å². The predicted molar refractivity (Wildman–Crippen MR) is 114 cm³/mol. The molecule has 0 atom stereocenters. The first-order chi connectivity index (χ1) is 14.6. The van der Waals surface area contributed by atoms with Gasteiger partial charge in [-0.2, -0.15) is 4.99 Å². The Balaban J connectivity index is 1.80. The van der Waals surface area contributed by atoms with Gasteiger partial charge in [0.2, 0.25) is 0 Å². The van der Waals surface area contributed by atoms with Crippen molar-refractivity contribution in [3.05, 3.63) is 59.1 Å². The van der Waals surface area contributed by atoms with Crippen LogP contribution >= 0.6 is 11.3 Å². The molecule has 0 spiro atoms. The summed E-state index contributed by atoms with van der Waals surface area (Å²) in [5.41, 5.74) is 1.39. The van der Waals surface area contributed by atoms with Gasteiger partial charge in [-0.25, -0.2) is 0 Å². The van der Waals surface area contributed by atoms with Crippen LogP contribution in [0.3, 0.4) is 0 Å². The molecule has 1 amide bonds. The van der Waals surface area contributed by atoms with Crippen LogP contribution in [0.15, 0.2) is 57.9 Å². The molecule has 2 heterocycles. The number of carbonyl (C=O) groups is 2. The van der Waals surface area contributed by atoms with Crippen LogP contribution in [-0.4, -0.2) is 29.7 Å². The van der Waals surface area contributed by atoms with Crippen LogP contribution in [0.4, 0.5) is 0 Å². The standard InChI is InChI=1S/C22H20N2O5S/c1-3-27-15-9-10-16-19(12-15)30-22(24(16)13-20(25)28-4-2)23-21(26)18-11-14-7-5-6-8-17(14)29-18/h5-12H,3-4,13H2,1-2H3. The first-order valence-electron chi connectivity index (χ1n) is 9.58. The molecule has 4 rings (SSSR count). The summed E-state index contributed by atoms with van der Waals surface area (Å²) in [7, 11) is 0. The van der Waals surface area contributed by atoms with Crippen LogP contribution in [0, 0.1) is 0 Å². The number of fused-ring (bicyclic) bond motifs is 2. The molecule has 4 aromatic rings. The second-order valence-corrected chi connectivity index (χ2v) is 7.41. The van der Waals surface area contributed by atoms with Crippen molar-refractivity contribution in [3.8, 4) is 5.75 Å². The van der Waals surface area contributed by atoms with Crippen LogP contribution in [0.25, 0.3) is 21.2 Å². The Labute approximate surface area is 176 Å². The van der Waals surface area contributed by atoms with Gasteiger partial charge in [0.1, 0.15) is 17.9 Å². The summed E-state index contributed by atoms with van der Waals surface area (Å²) in [6.07, 6.45) is 0. The lowest BCUT2D eigenvalue weighted by molar-refractivity contribution is -0.143. The van der Waals surface area contributed by atoms with Crippen LogP contribution in [0.1, 0.15) is 24.4 Å². The number of furan rings is 1. The molecule has 8 heteroatoms. The molecule has 0 fully saturated rings. The van der Waals surface area contributed by atoms with Crippen molar-refractivity contribution in [1.29, 1.82) is 0 Å². The monoisotopic (exact) mass is 424 g/mol. The van der Waals surface area contributed by atoms with Crippen molar-refractivity contribution in [3.63, 3.8) is 0 Å². The highest BCUT2D eigenvalue weighted by atomic mass is 32.1. The van der Waals surface area contributed by atoms with Crippen molar-refractivity contribution in [1.82, 2.24) is 4.57 Å². The Hall–Kier alpha value is -3.39. The molecule has 0 aliphatic rings. The fourth-order valence-electron chi connectivity index (χ4n) is 3.11. The van der Waals surface area contributed by atoms with Gasteiger partial charge in [-0.3, -0.25) is 9.59 Å².